The fraction of sp³-hybridized carbons (Fsp3) is 0.846. The largest absolute Gasteiger partial charge is 0.374 e. The molecule has 1 rings (SSSR count). The summed E-state index contributed by atoms with van der Waals surface area (Å²) in [5.74, 6) is 2.72. The van der Waals surface area contributed by atoms with E-state index in [4.69, 9.17) is 11.2 Å². The summed E-state index contributed by atoms with van der Waals surface area (Å²) >= 11 is 0. The lowest BCUT2D eigenvalue weighted by Gasteiger charge is -2.41. The van der Waals surface area contributed by atoms with Gasteiger partial charge < -0.3 is 10.1 Å². The van der Waals surface area contributed by atoms with Crippen molar-refractivity contribution in [2.24, 2.45) is 0 Å². The molecule has 1 N–H and O–H groups in total. The Morgan fingerprint density at radius 3 is 2.87 bits per heavy atom. The highest BCUT2D eigenvalue weighted by Gasteiger charge is 2.35. The third kappa shape index (κ3) is 3.52. The molecule has 0 aromatic rings. The van der Waals surface area contributed by atoms with Crippen molar-refractivity contribution < 1.29 is 4.74 Å². The van der Waals surface area contributed by atoms with Crippen LogP contribution >= 0.6 is 0 Å². The predicted molar refractivity (Wildman–Crippen MR) is 63.7 cm³/mol. The average molecular weight is 209 g/mol. The maximum absolute atomic E-state index is 5.95. The first-order chi connectivity index (χ1) is 7.23. The normalized spacial score (nSPS) is 28.3. The Morgan fingerprint density at radius 1 is 1.53 bits per heavy atom. The second kappa shape index (κ2) is 6.15. The van der Waals surface area contributed by atoms with Gasteiger partial charge in [-0.25, -0.2) is 0 Å². The summed E-state index contributed by atoms with van der Waals surface area (Å²) in [5.41, 5.74) is -0.00882. The SMILES string of the molecule is C#CCCC(NCC)C1(C)CCCCO1. The molecular weight excluding hydrogens is 186 g/mol. The smallest absolute Gasteiger partial charge is 0.0807 e. The van der Waals surface area contributed by atoms with Crippen molar-refractivity contribution in [2.45, 2.75) is 57.6 Å². The Balaban J connectivity index is 2.55. The van der Waals surface area contributed by atoms with Crippen LogP contribution in [0, 0.1) is 12.3 Å². The van der Waals surface area contributed by atoms with E-state index in [-0.39, 0.29) is 5.60 Å². The number of terminal acetylenes is 1. The molecule has 1 saturated heterocycles. The molecule has 2 nitrogen and oxygen atoms in total. The number of likely N-dealkylation sites (N-methyl/N-ethyl adjacent to an activating group) is 1. The van der Waals surface area contributed by atoms with Gasteiger partial charge in [-0.1, -0.05) is 6.92 Å². The van der Waals surface area contributed by atoms with E-state index in [0.717, 1.165) is 32.4 Å². The van der Waals surface area contributed by atoms with Crippen LogP contribution in [0.5, 0.6) is 0 Å². The molecule has 0 aliphatic carbocycles. The van der Waals surface area contributed by atoms with Gasteiger partial charge in [0.15, 0.2) is 0 Å². The van der Waals surface area contributed by atoms with Crippen LogP contribution in [0.4, 0.5) is 0 Å². The van der Waals surface area contributed by atoms with Crippen molar-refractivity contribution in [1.29, 1.82) is 0 Å². The van der Waals surface area contributed by atoms with E-state index in [9.17, 15) is 0 Å². The highest BCUT2D eigenvalue weighted by Crippen LogP contribution is 2.29. The molecule has 86 valence electrons. The van der Waals surface area contributed by atoms with Gasteiger partial charge in [0.05, 0.1) is 5.60 Å². The van der Waals surface area contributed by atoms with Gasteiger partial charge in [0, 0.05) is 19.1 Å². The van der Waals surface area contributed by atoms with E-state index in [1.165, 1.54) is 12.8 Å². The van der Waals surface area contributed by atoms with Gasteiger partial charge in [-0.15, -0.1) is 12.3 Å². The summed E-state index contributed by atoms with van der Waals surface area (Å²) in [6.07, 6.45) is 10.8. The Kier molecular flexibility index (Phi) is 5.14. The van der Waals surface area contributed by atoms with Gasteiger partial charge in [0.25, 0.3) is 0 Å². The first-order valence-electron chi connectivity index (χ1n) is 6.03. The summed E-state index contributed by atoms with van der Waals surface area (Å²) in [5, 5.41) is 3.51. The van der Waals surface area contributed by atoms with Crippen LogP contribution in [-0.2, 0) is 4.74 Å². The monoisotopic (exact) mass is 209 g/mol. The lowest BCUT2D eigenvalue weighted by Crippen LogP contribution is -2.52. The third-order valence-electron chi connectivity index (χ3n) is 3.26. The van der Waals surface area contributed by atoms with E-state index >= 15 is 0 Å². The molecule has 1 aliphatic heterocycles. The maximum Gasteiger partial charge on any atom is 0.0807 e. The minimum Gasteiger partial charge on any atom is -0.374 e. The zero-order valence-corrected chi connectivity index (χ0v) is 10.0. The van der Waals surface area contributed by atoms with Crippen LogP contribution in [0.15, 0.2) is 0 Å². The van der Waals surface area contributed by atoms with Crippen molar-refractivity contribution in [3.63, 3.8) is 0 Å². The summed E-state index contributed by atoms with van der Waals surface area (Å²) in [7, 11) is 0. The number of ether oxygens (including phenoxy) is 1. The van der Waals surface area contributed by atoms with Gasteiger partial charge in [-0.3, -0.25) is 0 Å². The van der Waals surface area contributed by atoms with Crippen LogP contribution in [0.3, 0.4) is 0 Å². The highest BCUT2D eigenvalue weighted by molar-refractivity contribution is 4.94. The van der Waals surface area contributed by atoms with Crippen LogP contribution in [0.1, 0.15) is 46.0 Å². The molecule has 1 aliphatic rings. The summed E-state index contributed by atoms with van der Waals surface area (Å²) in [4.78, 5) is 0. The second-order valence-corrected chi connectivity index (χ2v) is 4.47. The second-order valence-electron chi connectivity index (χ2n) is 4.47. The molecule has 0 aromatic carbocycles. The van der Waals surface area contributed by atoms with Crippen LogP contribution in [0.25, 0.3) is 0 Å². The molecule has 0 bridgehead atoms. The molecule has 0 amide bonds. The fourth-order valence-electron chi connectivity index (χ4n) is 2.33. The zero-order valence-electron chi connectivity index (χ0n) is 10.0. The van der Waals surface area contributed by atoms with E-state index < -0.39 is 0 Å². The topological polar surface area (TPSA) is 21.3 Å². The first kappa shape index (κ1) is 12.5. The molecule has 1 heterocycles. The Bertz CT molecular complexity index is 213. The average Bonchev–Trinajstić information content (AvgIpc) is 2.25. The minimum absolute atomic E-state index is 0.00882. The van der Waals surface area contributed by atoms with Crippen molar-refractivity contribution in [1.82, 2.24) is 5.32 Å². The molecular formula is C13H23NO. The van der Waals surface area contributed by atoms with Crippen molar-refractivity contribution in [2.75, 3.05) is 13.2 Å². The quantitative estimate of drug-likeness (QED) is 0.702. The van der Waals surface area contributed by atoms with Gasteiger partial charge in [0.2, 0.25) is 0 Å². The van der Waals surface area contributed by atoms with Gasteiger partial charge in [0.1, 0.15) is 0 Å². The van der Waals surface area contributed by atoms with E-state index in [1.54, 1.807) is 0 Å². The Hall–Kier alpha value is -0.520. The lowest BCUT2D eigenvalue weighted by atomic mass is 9.85. The number of nitrogens with one attached hydrogen (secondary N) is 1. The van der Waals surface area contributed by atoms with Crippen molar-refractivity contribution in [3.05, 3.63) is 0 Å². The summed E-state index contributed by atoms with van der Waals surface area (Å²) in [6.45, 7) is 6.23. The van der Waals surface area contributed by atoms with Crippen LogP contribution in [-0.4, -0.2) is 24.8 Å². The van der Waals surface area contributed by atoms with Gasteiger partial charge in [-0.05, 0) is 39.2 Å². The molecule has 0 aromatic heterocycles. The molecule has 0 spiro atoms. The van der Waals surface area contributed by atoms with Crippen LogP contribution < -0.4 is 5.32 Å². The number of hydrogen-bond acceptors (Lipinski definition) is 2. The lowest BCUT2D eigenvalue weighted by molar-refractivity contribution is -0.0894. The third-order valence-corrected chi connectivity index (χ3v) is 3.26. The fourth-order valence-corrected chi connectivity index (χ4v) is 2.33. The summed E-state index contributed by atoms with van der Waals surface area (Å²) in [6, 6.07) is 0.402. The molecule has 2 unspecified atom stereocenters. The predicted octanol–water partition coefficient (Wildman–Crippen LogP) is 2.34. The van der Waals surface area contributed by atoms with Crippen LogP contribution in [0.2, 0.25) is 0 Å². The molecule has 15 heavy (non-hydrogen) atoms. The van der Waals surface area contributed by atoms with Gasteiger partial charge >= 0.3 is 0 Å². The first-order valence-corrected chi connectivity index (χ1v) is 6.03. The summed E-state index contributed by atoms with van der Waals surface area (Å²) < 4.78 is 5.95. The Labute approximate surface area is 93.8 Å². The molecule has 2 atom stereocenters. The zero-order chi connectivity index (χ0) is 11.1. The molecule has 2 heteroatoms. The molecule has 1 fully saturated rings. The molecule has 0 saturated carbocycles. The minimum atomic E-state index is -0.00882. The maximum atomic E-state index is 5.95. The van der Waals surface area contributed by atoms with E-state index in [0.29, 0.717) is 6.04 Å². The van der Waals surface area contributed by atoms with Crippen molar-refractivity contribution in [3.8, 4) is 12.3 Å². The van der Waals surface area contributed by atoms with E-state index in [2.05, 4.69) is 25.1 Å². The molecule has 0 radical (unpaired) electrons. The number of hydrogen-bond donors (Lipinski definition) is 1. The van der Waals surface area contributed by atoms with Crippen molar-refractivity contribution >= 4 is 0 Å². The number of rotatable bonds is 5. The van der Waals surface area contributed by atoms with Gasteiger partial charge in [-0.2, -0.15) is 0 Å². The standard InChI is InChI=1S/C13H23NO/c1-4-6-9-12(14-5-2)13(3)10-7-8-11-15-13/h1,12,14H,5-11H2,2-3H3. The Morgan fingerprint density at radius 2 is 2.33 bits per heavy atom. The highest BCUT2D eigenvalue weighted by atomic mass is 16.5. The van der Waals surface area contributed by atoms with E-state index in [1.807, 2.05) is 0 Å².